The molecule has 1 heterocycles. The second-order valence-corrected chi connectivity index (χ2v) is 7.85. The summed E-state index contributed by atoms with van der Waals surface area (Å²) < 4.78 is 0. The van der Waals surface area contributed by atoms with E-state index in [4.69, 9.17) is 0 Å². The highest BCUT2D eigenvalue weighted by Crippen LogP contribution is 2.30. The minimum Gasteiger partial charge on any atom is -0.317 e. The lowest BCUT2D eigenvalue weighted by atomic mass is 9.78. The molecule has 122 valence electrons. The lowest BCUT2D eigenvalue weighted by Crippen LogP contribution is -2.52. The molecule has 0 aromatic heterocycles. The zero-order chi connectivity index (χ0) is 14.7. The van der Waals surface area contributed by atoms with Gasteiger partial charge in [0.05, 0.1) is 0 Å². The van der Waals surface area contributed by atoms with Gasteiger partial charge in [0.1, 0.15) is 0 Å². The van der Waals surface area contributed by atoms with Crippen molar-refractivity contribution in [2.75, 3.05) is 39.8 Å². The van der Waals surface area contributed by atoms with Gasteiger partial charge in [-0.3, -0.25) is 4.90 Å². The van der Waals surface area contributed by atoms with Crippen LogP contribution in [0.15, 0.2) is 0 Å². The minimum atomic E-state index is 0.758. The summed E-state index contributed by atoms with van der Waals surface area (Å²) in [7, 11) is 2.16. The van der Waals surface area contributed by atoms with Gasteiger partial charge < -0.3 is 10.2 Å². The van der Waals surface area contributed by atoms with Crippen LogP contribution >= 0.6 is 0 Å². The average Bonchev–Trinajstić information content (AvgIpc) is 3.03. The number of rotatable bonds is 4. The van der Waals surface area contributed by atoms with Crippen LogP contribution in [-0.2, 0) is 0 Å². The van der Waals surface area contributed by atoms with Gasteiger partial charge in [-0.25, -0.2) is 0 Å². The SMILES string of the molecule is CNC1CCC(C)CC1CN1CCN(C2CCCC2)CC1. The van der Waals surface area contributed by atoms with Gasteiger partial charge in [-0.2, -0.15) is 0 Å². The highest BCUT2D eigenvalue weighted by atomic mass is 15.3. The summed E-state index contributed by atoms with van der Waals surface area (Å²) in [5.41, 5.74) is 0. The van der Waals surface area contributed by atoms with Gasteiger partial charge in [-0.15, -0.1) is 0 Å². The van der Waals surface area contributed by atoms with Crippen LogP contribution in [0, 0.1) is 11.8 Å². The van der Waals surface area contributed by atoms with E-state index in [1.807, 2.05) is 0 Å². The summed E-state index contributed by atoms with van der Waals surface area (Å²) >= 11 is 0. The fourth-order valence-corrected chi connectivity index (χ4v) is 4.99. The fourth-order valence-electron chi connectivity index (χ4n) is 4.99. The van der Waals surface area contributed by atoms with Crippen molar-refractivity contribution in [3.05, 3.63) is 0 Å². The summed E-state index contributed by atoms with van der Waals surface area (Å²) in [5, 5.41) is 3.58. The van der Waals surface area contributed by atoms with E-state index in [2.05, 4.69) is 29.1 Å². The molecule has 0 aromatic carbocycles. The zero-order valence-corrected chi connectivity index (χ0v) is 14.2. The maximum absolute atomic E-state index is 3.58. The largest absolute Gasteiger partial charge is 0.317 e. The number of nitrogens with zero attached hydrogens (tertiary/aromatic N) is 2. The van der Waals surface area contributed by atoms with Gasteiger partial charge in [0.15, 0.2) is 0 Å². The molecule has 2 aliphatic carbocycles. The lowest BCUT2D eigenvalue weighted by Gasteiger charge is -2.42. The molecule has 0 spiro atoms. The summed E-state index contributed by atoms with van der Waals surface area (Å²) in [4.78, 5) is 5.53. The molecule has 3 atom stereocenters. The van der Waals surface area contributed by atoms with Crippen molar-refractivity contribution in [3.8, 4) is 0 Å². The third kappa shape index (κ3) is 4.00. The maximum atomic E-state index is 3.58. The van der Waals surface area contributed by atoms with Gasteiger partial charge in [0.25, 0.3) is 0 Å². The molecule has 3 aliphatic rings. The predicted octanol–water partition coefficient (Wildman–Crippen LogP) is 2.57. The molecular weight excluding hydrogens is 258 g/mol. The van der Waals surface area contributed by atoms with Crippen molar-refractivity contribution in [2.24, 2.45) is 11.8 Å². The Kier molecular flexibility index (Phi) is 5.58. The van der Waals surface area contributed by atoms with E-state index in [0.717, 1.165) is 23.9 Å². The number of nitrogens with one attached hydrogen (secondary N) is 1. The Morgan fingerprint density at radius 3 is 2.33 bits per heavy atom. The average molecular weight is 293 g/mol. The molecule has 2 saturated carbocycles. The Hall–Kier alpha value is -0.120. The number of hydrogen-bond acceptors (Lipinski definition) is 3. The van der Waals surface area contributed by atoms with Crippen LogP contribution in [0.1, 0.15) is 51.9 Å². The van der Waals surface area contributed by atoms with Gasteiger partial charge in [-0.05, 0) is 51.0 Å². The third-order valence-electron chi connectivity index (χ3n) is 6.36. The summed E-state index contributed by atoms with van der Waals surface area (Å²) in [6.07, 6.45) is 10.1. The first-order valence-corrected chi connectivity index (χ1v) is 9.40. The Balaban J connectivity index is 1.45. The van der Waals surface area contributed by atoms with Gasteiger partial charge >= 0.3 is 0 Å². The van der Waals surface area contributed by atoms with Crippen LogP contribution in [0.2, 0.25) is 0 Å². The molecule has 21 heavy (non-hydrogen) atoms. The maximum Gasteiger partial charge on any atom is 0.0113 e. The molecule has 3 nitrogen and oxygen atoms in total. The van der Waals surface area contributed by atoms with Gasteiger partial charge in [0, 0.05) is 44.8 Å². The smallest absolute Gasteiger partial charge is 0.0113 e. The van der Waals surface area contributed by atoms with E-state index in [1.54, 1.807) is 0 Å². The topological polar surface area (TPSA) is 18.5 Å². The molecule has 3 unspecified atom stereocenters. The van der Waals surface area contributed by atoms with Crippen LogP contribution in [0.25, 0.3) is 0 Å². The third-order valence-corrected chi connectivity index (χ3v) is 6.36. The van der Waals surface area contributed by atoms with Crippen molar-refractivity contribution in [1.82, 2.24) is 15.1 Å². The van der Waals surface area contributed by atoms with Crippen LogP contribution in [-0.4, -0.2) is 61.7 Å². The zero-order valence-electron chi connectivity index (χ0n) is 14.2. The first-order chi connectivity index (χ1) is 10.3. The lowest BCUT2D eigenvalue weighted by molar-refractivity contribution is 0.0714. The summed E-state index contributed by atoms with van der Waals surface area (Å²) in [5.74, 6) is 1.80. The first-order valence-electron chi connectivity index (χ1n) is 9.40. The van der Waals surface area contributed by atoms with Crippen molar-refractivity contribution in [1.29, 1.82) is 0 Å². The Morgan fingerprint density at radius 1 is 0.952 bits per heavy atom. The highest BCUT2D eigenvalue weighted by Gasteiger charge is 2.31. The summed E-state index contributed by atoms with van der Waals surface area (Å²) in [6, 6.07) is 1.68. The molecular formula is C18H35N3. The monoisotopic (exact) mass is 293 g/mol. The van der Waals surface area contributed by atoms with E-state index in [1.165, 1.54) is 77.7 Å². The van der Waals surface area contributed by atoms with E-state index in [0.29, 0.717) is 0 Å². The van der Waals surface area contributed by atoms with E-state index in [-0.39, 0.29) is 0 Å². The van der Waals surface area contributed by atoms with E-state index >= 15 is 0 Å². The van der Waals surface area contributed by atoms with Crippen LogP contribution in [0.4, 0.5) is 0 Å². The molecule has 0 aromatic rings. The molecule has 0 amide bonds. The fraction of sp³-hybridized carbons (Fsp3) is 1.00. The van der Waals surface area contributed by atoms with Crippen LogP contribution in [0.5, 0.6) is 0 Å². The molecule has 3 heteroatoms. The Morgan fingerprint density at radius 2 is 1.67 bits per heavy atom. The number of hydrogen-bond donors (Lipinski definition) is 1. The van der Waals surface area contributed by atoms with Crippen molar-refractivity contribution in [3.63, 3.8) is 0 Å². The summed E-state index contributed by atoms with van der Waals surface area (Å²) in [6.45, 7) is 9.01. The van der Waals surface area contributed by atoms with Crippen LogP contribution in [0.3, 0.4) is 0 Å². The van der Waals surface area contributed by atoms with Gasteiger partial charge in [0.2, 0.25) is 0 Å². The Labute approximate surface area is 131 Å². The quantitative estimate of drug-likeness (QED) is 0.859. The molecule has 0 radical (unpaired) electrons. The first kappa shape index (κ1) is 15.8. The highest BCUT2D eigenvalue weighted by molar-refractivity contribution is 4.87. The molecule has 1 aliphatic heterocycles. The molecule has 3 fully saturated rings. The number of piperazine rings is 1. The van der Waals surface area contributed by atoms with Crippen LogP contribution < -0.4 is 5.32 Å². The molecule has 1 saturated heterocycles. The van der Waals surface area contributed by atoms with Crippen molar-refractivity contribution in [2.45, 2.75) is 64.0 Å². The predicted molar refractivity (Wildman–Crippen MR) is 89.6 cm³/mol. The van der Waals surface area contributed by atoms with Gasteiger partial charge in [-0.1, -0.05) is 19.8 Å². The molecule has 1 N–H and O–H groups in total. The second kappa shape index (κ2) is 7.43. The molecule has 0 bridgehead atoms. The van der Waals surface area contributed by atoms with Crippen molar-refractivity contribution < 1.29 is 0 Å². The van der Waals surface area contributed by atoms with Crippen molar-refractivity contribution >= 4 is 0 Å². The Bertz CT molecular complexity index is 306. The minimum absolute atomic E-state index is 0.758. The van der Waals surface area contributed by atoms with E-state index < -0.39 is 0 Å². The molecule has 3 rings (SSSR count). The van der Waals surface area contributed by atoms with E-state index in [9.17, 15) is 0 Å². The second-order valence-electron chi connectivity index (χ2n) is 7.85. The normalized spacial score (nSPS) is 37.1. The standard InChI is InChI=1S/C18H35N3/c1-15-7-8-18(19-2)16(13-15)14-20-9-11-21(12-10-20)17-5-3-4-6-17/h15-19H,3-14H2,1-2H3.